The van der Waals surface area contributed by atoms with Gasteiger partial charge in [-0.2, -0.15) is 5.10 Å². The summed E-state index contributed by atoms with van der Waals surface area (Å²) in [5.41, 5.74) is 2.87. The molecule has 0 saturated carbocycles. The summed E-state index contributed by atoms with van der Waals surface area (Å²) < 4.78 is 0. The predicted molar refractivity (Wildman–Crippen MR) is 65.7 cm³/mol. The van der Waals surface area contributed by atoms with E-state index in [9.17, 15) is 9.90 Å². The molecule has 0 amide bonds. The first-order valence-corrected chi connectivity index (χ1v) is 5.42. The van der Waals surface area contributed by atoms with Gasteiger partial charge in [0.1, 0.15) is 0 Å². The zero-order valence-electron chi connectivity index (χ0n) is 9.77. The van der Waals surface area contributed by atoms with E-state index >= 15 is 0 Å². The van der Waals surface area contributed by atoms with Crippen LogP contribution >= 0.6 is 0 Å². The van der Waals surface area contributed by atoms with Gasteiger partial charge in [-0.1, -0.05) is 29.8 Å². The van der Waals surface area contributed by atoms with Crippen LogP contribution in [0.2, 0.25) is 0 Å². The summed E-state index contributed by atoms with van der Waals surface area (Å²) in [5.74, 6) is 0. The Hall–Kier alpha value is -1.94. The van der Waals surface area contributed by atoms with E-state index in [1.54, 1.807) is 6.92 Å². The Kier molecular flexibility index (Phi) is 3.06. The van der Waals surface area contributed by atoms with Gasteiger partial charge in [0.2, 0.25) is 0 Å². The second-order valence-electron chi connectivity index (χ2n) is 4.08. The van der Waals surface area contributed by atoms with Crippen molar-refractivity contribution in [1.82, 2.24) is 10.2 Å². The third kappa shape index (κ3) is 2.42. The second kappa shape index (κ2) is 4.51. The number of aliphatic hydroxyl groups excluding tert-OH is 1. The van der Waals surface area contributed by atoms with Crippen LogP contribution in [0.1, 0.15) is 24.2 Å². The molecule has 1 heterocycles. The molecule has 2 aromatic rings. The van der Waals surface area contributed by atoms with Crippen molar-refractivity contribution in [2.45, 2.75) is 20.0 Å². The van der Waals surface area contributed by atoms with Crippen molar-refractivity contribution in [3.05, 3.63) is 51.8 Å². The Morgan fingerprint density at radius 3 is 2.53 bits per heavy atom. The third-order valence-corrected chi connectivity index (χ3v) is 2.61. The van der Waals surface area contributed by atoms with Gasteiger partial charge in [-0.25, -0.2) is 5.10 Å². The fourth-order valence-corrected chi connectivity index (χ4v) is 1.68. The quantitative estimate of drug-likeness (QED) is 0.826. The molecule has 0 saturated heterocycles. The maximum Gasteiger partial charge on any atom is 0.264 e. The summed E-state index contributed by atoms with van der Waals surface area (Å²) in [7, 11) is 0. The lowest BCUT2D eigenvalue weighted by atomic mass is 10.0. The van der Waals surface area contributed by atoms with E-state index in [-0.39, 0.29) is 5.56 Å². The summed E-state index contributed by atoms with van der Waals surface area (Å²) in [4.78, 5) is 11.2. The SMILES string of the molecule is Cc1ccc(-c2n[nH]c(=O)cc2C(C)O)cc1. The first kappa shape index (κ1) is 11.5. The molecule has 17 heavy (non-hydrogen) atoms. The Morgan fingerprint density at radius 1 is 1.29 bits per heavy atom. The highest BCUT2D eigenvalue weighted by Crippen LogP contribution is 2.24. The highest BCUT2D eigenvalue weighted by atomic mass is 16.3. The van der Waals surface area contributed by atoms with Crippen LogP contribution in [0.3, 0.4) is 0 Å². The van der Waals surface area contributed by atoms with Gasteiger partial charge < -0.3 is 5.11 Å². The first-order chi connectivity index (χ1) is 8.08. The number of aliphatic hydroxyl groups is 1. The molecular weight excluding hydrogens is 216 g/mol. The number of aromatic amines is 1. The van der Waals surface area contributed by atoms with Gasteiger partial charge in [0.15, 0.2) is 0 Å². The molecule has 1 aromatic carbocycles. The first-order valence-electron chi connectivity index (χ1n) is 5.42. The van der Waals surface area contributed by atoms with Crippen LogP contribution in [0.4, 0.5) is 0 Å². The monoisotopic (exact) mass is 230 g/mol. The van der Waals surface area contributed by atoms with Gasteiger partial charge in [0.05, 0.1) is 11.8 Å². The van der Waals surface area contributed by atoms with Gasteiger partial charge in [-0.3, -0.25) is 4.79 Å². The zero-order valence-corrected chi connectivity index (χ0v) is 9.77. The maximum absolute atomic E-state index is 11.2. The van der Waals surface area contributed by atoms with Crippen molar-refractivity contribution in [2.75, 3.05) is 0 Å². The molecule has 0 aliphatic rings. The molecule has 0 radical (unpaired) electrons. The van der Waals surface area contributed by atoms with Crippen molar-refractivity contribution >= 4 is 0 Å². The van der Waals surface area contributed by atoms with Crippen molar-refractivity contribution in [2.24, 2.45) is 0 Å². The van der Waals surface area contributed by atoms with Gasteiger partial charge in [-0.15, -0.1) is 0 Å². The van der Waals surface area contributed by atoms with E-state index in [1.807, 2.05) is 31.2 Å². The van der Waals surface area contributed by atoms with E-state index in [0.717, 1.165) is 11.1 Å². The summed E-state index contributed by atoms with van der Waals surface area (Å²) in [6.45, 7) is 3.62. The molecule has 2 N–H and O–H groups in total. The summed E-state index contributed by atoms with van der Waals surface area (Å²) in [5, 5.41) is 16.0. The van der Waals surface area contributed by atoms with Gasteiger partial charge in [-0.05, 0) is 13.8 Å². The summed E-state index contributed by atoms with van der Waals surface area (Å²) in [6.07, 6.45) is -0.721. The largest absolute Gasteiger partial charge is 0.389 e. The lowest BCUT2D eigenvalue weighted by Crippen LogP contribution is -2.11. The van der Waals surface area contributed by atoms with Crippen LogP contribution in [-0.4, -0.2) is 15.3 Å². The summed E-state index contributed by atoms with van der Waals surface area (Å²) >= 11 is 0. The fourth-order valence-electron chi connectivity index (χ4n) is 1.68. The molecule has 2 rings (SSSR count). The second-order valence-corrected chi connectivity index (χ2v) is 4.08. The number of hydrogen-bond acceptors (Lipinski definition) is 3. The number of aromatic nitrogens is 2. The van der Waals surface area contributed by atoms with E-state index in [0.29, 0.717) is 11.3 Å². The minimum absolute atomic E-state index is 0.309. The highest BCUT2D eigenvalue weighted by molar-refractivity contribution is 5.63. The Labute approximate surface area is 98.9 Å². The fraction of sp³-hybridized carbons (Fsp3) is 0.231. The minimum atomic E-state index is -0.721. The molecule has 88 valence electrons. The average molecular weight is 230 g/mol. The van der Waals surface area contributed by atoms with Gasteiger partial charge in [0, 0.05) is 17.2 Å². The number of nitrogens with one attached hydrogen (secondary N) is 1. The lowest BCUT2D eigenvalue weighted by Gasteiger charge is -2.10. The molecule has 4 nitrogen and oxygen atoms in total. The molecule has 1 unspecified atom stereocenters. The number of aryl methyl sites for hydroxylation is 1. The van der Waals surface area contributed by atoms with Crippen LogP contribution in [0.25, 0.3) is 11.3 Å². The van der Waals surface area contributed by atoms with Crippen LogP contribution < -0.4 is 5.56 Å². The van der Waals surface area contributed by atoms with Crippen molar-refractivity contribution in [1.29, 1.82) is 0 Å². The third-order valence-electron chi connectivity index (χ3n) is 2.61. The standard InChI is InChI=1S/C13H14N2O2/c1-8-3-5-10(6-4-8)13-11(9(2)16)7-12(17)14-15-13/h3-7,9,16H,1-2H3,(H,14,17). The molecule has 0 aliphatic heterocycles. The number of benzene rings is 1. The van der Waals surface area contributed by atoms with E-state index < -0.39 is 6.10 Å². The topological polar surface area (TPSA) is 66.0 Å². The lowest BCUT2D eigenvalue weighted by molar-refractivity contribution is 0.199. The van der Waals surface area contributed by atoms with E-state index in [2.05, 4.69) is 10.2 Å². The van der Waals surface area contributed by atoms with Crippen LogP contribution in [-0.2, 0) is 0 Å². The average Bonchev–Trinajstić information content (AvgIpc) is 2.30. The van der Waals surface area contributed by atoms with Crippen molar-refractivity contribution in [3.8, 4) is 11.3 Å². The molecule has 1 atom stereocenters. The molecule has 0 spiro atoms. The Bertz CT molecular complexity index is 571. The molecule has 0 aliphatic carbocycles. The highest BCUT2D eigenvalue weighted by Gasteiger charge is 2.12. The molecule has 1 aromatic heterocycles. The van der Waals surface area contributed by atoms with E-state index in [1.165, 1.54) is 6.07 Å². The predicted octanol–water partition coefficient (Wildman–Crippen LogP) is 1.80. The van der Waals surface area contributed by atoms with Gasteiger partial charge in [0.25, 0.3) is 5.56 Å². The van der Waals surface area contributed by atoms with E-state index in [4.69, 9.17) is 0 Å². The van der Waals surface area contributed by atoms with Crippen LogP contribution in [0.15, 0.2) is 35.1 Å². The zero-order chi connectivity index (χ0) is 12.4. The van der Waals surface area contributed by atoms with Crippen molar-refractivity contribution < 1.29 is 5.11 Å². The maximum atomic E-state index is 11.2. The molecule has 4 heteroatoms. The van der Waals surface area contributed by atoms with Crippen LogP contribution in [0, 0.1) is 6.92 Å². The number of H-pyrrole nitrogens is 1. The smallest absolute Gasteiger partial charge is 0.264 e. The number of nitrogens with zero attached hydrogens (tertiary/aromatic N) is 1. The molecule has 0 bridgehead atoms. The molecule has 0 fully saturated rings. The number of hydrogen-bond donors (Lipinski definition) is 2. The Morgan fingerprint density at radius 2 is 1.94 bits per heavy atom. The van der Waals surface area contributed by atoms with Crippen LogP contribution in [0.5, 0.6) is 0 Å². The normalized spacial score (nSPS) is 12.4. The van der Waals surface area contributed by atoms with Gasteiger partial charge >= 0.3 is 0 Å². The summed E-state index contributed by atoms with van der Waals surface area (Å²) in [6, 6.07) is 9.15. The molecular formula is C13H14N2O2. The van der Waals surface area contributed by atoms with Crippen molar-refractivity contribution in [3.63, 3.8) is 0 Å². The minimum Gasteiger partial charge on any atom is -0.389 e. The Balaban J connectivity index is 2.58. The number of rotatable bonds is 2.